The summed E-state index contributed by atoms with van der Waals surface area (Å²) in [5, 5.41) is 6.76. The van der Waals surface area contributed by atoms with Crippen LogP contribution in [0.5, 0.6) is 0 Å². The van der Waals surface area contributed by atoms with Gasteiger partial charge in [0.2, 0.25) is 0 Å². The third-order valence-corrected chi connectivity index (χ3v) is 5.42. The van der Waals surface area contributed by atoms with Gasteiger partial charge in [-0.2, -0.15) is 0 Å². The highest BCUT2D eigenvalue weighted by molar-refractivity contribution is 14.0. The van der Waals surface area contributed by atoms with Crippen molar-refractivity contribution in [2.75, 3.05) is 19.7 Å². The van der Waals surface area contributed by atoms with E-state index in [1.807, 2.05) is 6.92 Å². The van der Waals surface area contributed by atoms with Gasteiger partial charge in [0, 0.05) is 37.1 Å². The number of ether oxygens (including phenoxy) is 1. The van der Waals surface area contributed by atoms with Crippen molar-refractivity contribution in [2.45, 2.75) is 45.8 Å². The third kappa shape index (κ3) is 4.13. The van der Waals surface area contributed by atoms with Crippen LogP contribution in [0.2, 0.25) is 0 Å². The first kappa shape index (κ1) is 21.3. The molecule has 26 heavy (non-hydrogen) atoms. The molecule has 3 atom stereocenters. The number of nitrogens with one attached hydrogen (secondary N) is 2. The Bertz CT molecular complexity index is 654. The van der Waals surface area contributed by atoms with Crippen LogP contribution in [0.15, 0.2) is 23.2 Å². The number of nitrogens with zero attached hydrogens (tertiary/aromatic N) is 1. The number of hydrogen-bond donors (Lipinski definition) is 2. The summed E-state index contributed by atoms with van der Waals surface area (Å²) in [4.78, 5) is 4.55. The van der Waals surface area contributed by atoms with Crippen molar-refractivity contribution in [3.8, 4) is 0 Å². The summed E-state index contributed by atoms with van der Waals surface area (Å²) in [5.41, 5.74) is 0.416. The summed E-state index contributed by atoms with van der Waals surface area (Å²) in [6, 6.07) is 4.57. The van der Waals surface area contributed by atoms with Crippen molar-refractivity contribution >= 4 is 29.9 Å². The monoisotopic (exact) mass is 479 g/mol. The Balaban J connectivity index is 0.00000243. The summed E-state index contributed by atoms with van der Waals surface area (Å²) >= 11 is 0. The van der Waals surface area contributed by atoms with Gasteiger partial charge in [-0.3, -0.25) is 4.99 Å². The second-order valence-corrected chi connectivity index (χ2v) is 7.41. The molecule has 1 saturated carbocycles. The van der Waals surface area contributed by atoms with Crippen LogP contribution in [0.25, 0.3) is 0 Å². The van der Waals surface area contributed by atoms with Crippen LogP contribution < -0.4 is 10.6 Å². The molecule has 1 heterocycles. The second-order valence-electron chi connectivity index (χ2n) is 7.41. The summed E-state index contributed by atoms with van der Waals surface area (Å²) in [6.07, 6.45) is 1.75. The van der Waals surface area contributed by atoms with E-state index in [0.29, 0.717) is 36.6 Å². The molecule has 1 aliphatic heterocycles. The van der Waals surface area contributed by atoms with Gasteiger partial charge in [-0.05, 0) is 31.4 Å². The van der Waals surface area contributed by atoms with Crippen molar-refractivity contribution < 1.29 is 13.5 Å². The van der Waals surface area contributed by atoms with Crippen molar-refractivity contribution in [1.82, 2.24) is 10.6 Å². The number of guanidine groups is 1. The Morgan fingerprint density at radius 2 is 2.12 bits per heavy atom. The first-order valence-electron chi connectivity index (χ1n) is 9.04. The SMILES string of the molecule is CCNC(=NCCc1cccc(F)c1F)NC1C2CCOC2C1(C)C.I. The molecule has 0 amide bonds. The molecule has 7 heteroatoms. The normalized spacial score (nSPS) is 26.5. The largest absolute Gasteiger partial charge is 0.377 e. The fourth-order valence-electron chi connectivity index (χ4n) is 4.11. The summed E-state index contributed by atoms with van der Waals surface area (Å²) in [7, 11) is 0. The van der Waals surface area contributed by atoms with Crippen LogP contribution in [0.1, 0.15) is 32.8 Å². The number of halogens is 3. The second kappa shape index (κ2) is 8.82. The molecule has 2 N–H and O–H groups in total. The summed E-state index contributed by atoms with van der Waals surface area (Å²) in [6.45, 7) is 8.40. The number of aliphatic imine (C=N–C) groups is 1. The lowest BCUT2D eigenvalue weighted by molar-refractivity contribution is -0.106. The average Bonchev–Trinajstić information content (AvgIpc) is 3.03. The fourth-order valence-corrected chi connectivity index (χ4v) is 4.11. The zero-order valence-corrected chi connectivity index (χ0v) is 17.8. The van der Waals surface area contributed by atoms with Gasteiger partial charge in [-0.25, -0.2) is 8.78 Å². The van der Waals surface area contributed by atoms with Crippen LogP contribution in [0, 0.1) is 23.0 Å². The lowest BCUT2D eigenvalue weighted by Crippen LogP contribution is -2.68. The molecule has 0 aromatic heterocycles. The van der Waals surface area contributed by atoms with Crippen molar-refractivity contribution in [3.63, 3.8) is 0 Å². The zero-order valence-electron chi connectivity index (χ0n) is 15.5. The van der Waals surface area contributed by atoms with E-state index in [4.69, 9.17) is 4.74 Å². The van der Waals surface area contributed by atoms with Crippen LogP contribution in [0.3, 0.4) is 0 Å². The van der Waals surface area contributed by atoms with Gasteiger partial charge >= 0.3 is 0 Å². The molecule has 3 rings (SSSR count). The Kier molecular flexibility index (Phi) is 7.24. The van der Waals surface area contributed by atoms with Gasteiger partial charge in [-0.1, -0.05) is 26.0 Å². The van der Waals surface area contributed by atoms with Gasteiger partial charge in [0.1, 0.15) is 0 Å². The Labute approximate surface area is 171 Å². The number of benzene rings is 1. The van der Waals surface area contributed by atoms with Gasteiger partial charge in [-0.15, -0.1) is 24.0 Å². The van der Waals surface area contributed by atoms with E-state index < -0.39 is 11.6 Å². The maximum Gasteiger partial charge on any atom is 0.191 e. The van der Waals surface area contributed by atoms with E-state index in [9.17, 15) is 8.78 Å². The smallest absolute Gasteiger partial charge is 0.191 e. The molecular formula is C19H28F2IN3O. The van der Waals surface area contributed by atoms with Crippen LogP contribution in [0.4, 0.5) is 8.78 Å². The van der Waals surface area contributed by atoms with E-state index in [-0.39, 0.29) is 29.4 Å². The van der Waals surface area contributed by atoms with Gasteiger partial charge in [0.05, 0.1) is 6.10 Å². The molecule has 3 unspecified atom stereocenters. The number of rotatable bonds is 5. The Morgan fingerprint density at radius 1 is 1.35 bits per heavy atom. The highest BCUT2D eigenvalue weighted by Gasteiger charge is 2.59. The van der Waals surface area contributed by atoms with E-state index in [1.165, 1.54) is 6.07 Å². The zero-order chi connectivity index (χ0) is 18.0. The van der Waals surface area contributed by atoms with Crippen LogP contribution in [-0.4, -0.2) is 37.8 Å². The van der Waals surface area contributed by atoms with Crippen molar-refractivity contribution in [3.05, 3.63) is 35.4 Å². The highest BCUT2D eigenvalue weighted by Crippen LogP contribution is 2.52. The molecule has 0 spiro atoms. The highest BCUT2D eigenvalue weighted by atomic mass is 127. The standard InChI is InChI=1S/C19H27F2N3O.HI/c1-4-22-18(23-10-8-12-6-5-7-14(20)15(12)21)24-16-13-9-11-25-17(13)19(16,2)3;/h5-7,13,16-17H,4,8-11H2,1-3H3,(H2,22,23,24);1H. The lowest BCUT2D eigenvalue weighted by Gasteiger charge is -2.54. The maximum absolute atomic E-state index is 13.7. The molecular weight excluding hydrogens is 451 g/mol. The minimum absolute atomic E-state index is 0. The molecule has 1 aromatic rings. The third-order valence-electron chi connectivity index (χ3n) is 5.42. The predicted octanol–water partition coefficient (Wildman–Crippen LogP) is 3.49. The Morgan fingerprint density at radius 3 is 2.85 bits per heavy atom. The molecule has 0 bridgehead atoms. The quantitative estimate of drug-likeness (QED) is 0.386. The van der Waals surface area contributed by atoms with Gasteiger partial charge in [0.15, 0.2) is 17.6 Å². The predicted molar refractivity (Wildman–Crippen MR) is 110 cm³/mol. The van der Waals surface area contributed by atoms with Crippen LogP contribution >= 0.6 is 24.0 Å². The average molecular weight is 479 g/mol. The molecule has 1 aliphatic carbocycles. The molecule has 2 aliphatic rings. The van der Waals surface area contributed by atoms with E-state index in [2.05, 4.69) is 29.5 Å². The molecule has 0 radical (unpaired) electrons. The summed E-state index contributed by atoms with van der Waals surface area (Å²) in [5.74, 6) is -0.348. The Hall–Kier alpha value is -0.960. The molecule has 2 fully saturated rings. The molecule has 146 valence electrons. The lowest BCUT2D eigenvalue weighted by atomic mass is 9.57. The van der Waals surface area contributed by atoms with Gasteiger partial charge in [0.25, 0.3) is 0 Å². The van der Waals surface area contributed by atoms with Crippen molar-refractivity contribution in [2.24, 2.45) is 16.3 Å². The van der Waals surface area contributed by atoms with Crippen molar-refractivity contribution in [1.29, 1.82) is 0 Å². The molecule has 4 nitrogen and oxygen atoms in total. The maximum atomic E-state index is 13.7. The summed E-state index contributed by atoms with van der Waals surface area (Å²) < 4.78 is 32.8. The molecule has 1 aromatic carbocycles. The van der Waals surface area contributed by atoms with E-state index in [1.54, 1.807) is 6.07 Å². The van der Waals surface area contributed by atoms with E-state index in [0.717, 1.165) is 31.6 Å². The number of hydrogen-bond acceptors (Lipinski definition) is 2. The first-order valence-corrected chi connectivity index (χ1v) is 9.04. The molecule has 1 saturated heterocycles. The fraction of sp³-hybridized carbons (Fsp3) is 0.632. The first-order chi connectivity index (χ1) is 11.9. The minimum atomic E-state index is -0.810. The van der Waals surface area contributed by atoms with Gasteiger partial charge < -0.3 is 15.4 Å². The van der Waals surface area contributed by atoms with E-state index >= 15 is 0 Å². The number of fused-ring (bicyclic) bond motifs is 1. The van der Waals surface area contributed by atoms with Crippen LogP contribution in [-0.2, 0) is 11.2 Å². The minimum Gasteiger partial charge on any atom is -0.377 e. The topological polar surface area (TPSA) is 45.7 Å².